The predicted molar refractivity (Wildman–Crippen MR) is 143 cm³/mol. The molecular weight excluding hydrogens is 456 g/mol. The van der Waals surface area contributed by atoms with Gasteiger partial charge in [0.05, 0.1) is 24.5 Å². The Hall–Kier alpha value is -2.87. The molecule has 1 heterocycles. The van der Waals surface area contributed by atoms with Gasteiger partial charge >= 0.3 is 0 Å². The molecule has 8 heteroatoms. The molecule has 0 spiro atoms. The normalized spacial score (nSPS) is 25.9. The number of allylic oxidation sites excluding steroid dienone is 1. The molecule has 0 saturated carbocycles. The highest BCUT2D eigenvalue weighted by Gasteiger charge is 2.58. The van der Waals surface area contributed by atoms with Crippen LogP contribution in [0.25, 0.3) is 0 Å². The standard InChI is InChI=1S/C28H42N4O4/c1-6-10-18-11-16-22-24(23(18)26(34)29-5)28(36)32(20(7-2)17-33)25(22)27(35)30-19-12-14-21(15-13-19)31(8-3)9-4/h11-16,18,20,22-25,33H,6-10,17H2,1-5H3,(H,29,34)(H,30,35)/t18-,20+,22+,23-,24+,25+/m1/s1. The summed E-state index contributed by atoms with van der Waals surface area (Å²) >= 11 is 0. The number of nitrogens with zero attached hydrogens (tertiary/aromatic N) is 2. The van der Waals surface area contributed by atoms with Crippen LogP contribution in [0.15, 0.2) is 36.4 Å². The molecule has 1 aliphatic carbocycles. The molecule has 0 unspecified atom stereocenters. The van der Waals surface area contributed by atoms with Crippen molar-refractivity contribution in [2.24, 2.45) is 23.7 Å². The van der Waals surface area contributed by atoms with Gasteiger partial charge in [0.15, 0.2) is 0 Å². The summed E-state index contributed by atoms with van der Waals surface area (Å²) in [7, 11) is 1.59. The van der Waals surface area contributed by atoms with E-state index in [4.69, 9.17) is 0 Å². The Morgan fingerprint density at radius 2 is 1.72 bits per heavy atom. The van der Waals surface area contributed by atoms with Crippen molar-refractivity contribution in [1.82, 2.24) is 10.2 Å². The summed E-state index contributed by atoms with van der Waals surface area (Å²) in [5.74, 6) is -2.37. The zero-order chi connectivity index (χ0) is 26.4. The molecule has 0 aromatic heterocycles. The van der Waals surface area contributed by atoms with E-state index in [0.29, 0.717) is 12.1 Å². The summed E-state index contributed by atoms with van der Waals surface area (Å²) in [6.07, 6.45) is 6.16. The van der Waals surface area contributed by atoms with Crippen molar-refractivity contribution in [3.8, 4) is 0 Å². The average molecular weight is 499 g/mol. The number of likely N-dealkylation sites (tertiary alicyclic amines) is 1. The van der Waals surface area contributed by atoms with Crippen molar-refractivity contribution < 1.29 is 19.5 Å². The maximum Gasteiger partial charge on any atom is 0.247 e. The minimum absolute atomic E-state index is 0.0642. The number of nitrogens with one attached hydrogen (secondary N) is 2. The van der Waals surface area contributed by atoms with Crippen molar-refractivity contribution in [2.75, 3.05) is 37.0 Å². The second-order valence-electron chi connectivity index (χ2n) is 9.72. The second kappa shape index (κ2) is 12.4. The van der Waals surface area contributed by atoms with E-state index in [9.17, 15) is 19.5 Å². The SMILES string of the molecule is CCC[C@@H]1C=C[C@H]2[C@H](C(=O)N([C@@H](CC)CO)[C@@H]2C(=O)Nc2ccc(N(CC)CC)cc2)[C@@H]1C(=O)NC. The van der Waals surface area contributed by atoms with Crippen molar-refractivity contribution in [1.29, 1.82) is 0 Å². The smallest absolute Gasteiger partial charge is 0.247 e. The first-order valence-electron chi connectivity index (χ1n) is 13.3. The number of rotatable bonds is 11. The van der Waals surface area contributed by atoms with Gasteiger partial charge in [0.25, 0.3) is 0 Å². The molecule has 1 aromatic rings. The number of benzene rings is 1. The molecule has 1 aliphatic heterocycles. The van der Waals surface area contributed by atoms with Crippen molar-refractivity contribution in [2.45, 2.75) is 59.0 Å². The third-order valence-corrected chi connectivity index (χ3v) is 7.83. The van der Waals surface area contributed by atoms with Crippen LogP contribution in [-0.2, 0) is 14.4 Å². The maximum absolute atomic E-state index is 13.8. The van der Waals surface area contributed by atoms with Crippen LogP contribution in [0.2, 0.25) is 0 Å². The van der Waals surface area contributed by atoms with E-state index in [0.717, 1.165) is 31.6 Å². The number of carbonyl (C=O) groups is 3. The van der Waals surface area contributed by atoms with Crippen molar-refractivity contribution in [3.05, 3.63) is 36.4 Å². The summed E-state index contributed by atoms with van der Waals surface area (Å²) in [5, 5.41) is 15.8. The molecule has 2 aliphatic rings. The van der Waals surface area contributed by atoms with Gasteiger partial charge in [-0.1, -0.05) is 32.4 Å². The summed E-state index contributed by atoms with van der Waals surface area (Å²) < 4.78 is 0. The first-order valence-corrected chi connectivity index (χ1v) is 13.3. The van der Waals surface area contributed by atoms with Crippen LogP contribution in [0.3, 0.4) is 0 Å². The topological polar surface area (TPSA) is 102 Å². The van der Waals surface area contributed by atoms with E-state index in [1.165, 1.54) is 0 Å². The molecule has 8 nitrogen and oxygen atoms in total. The molecule has 3 N–H and O–H groups in total. The number of hydrogen-bond donors (Lipinski definition) is 3. The molecule has 0 radical (unpaired) electrons. The summed E-state index contributed by atoms with van der Waals surface area (Å²) in [5.41, 5.74) is 1.72. The average Bonchev–Trinajstić information content (AvgIpc) is 3.18. The largest absolute Gasteiger partial charge is 0.394 e. The van der Waals surface area contributed by atoms with Crippen LogP contribution < -0.4 is 15.5 Å². The third-order valence-electron chi connectivity index (χ3n) is 7.83. The van der Waals surface area contributed by atoms with Crippen LogP contribution in [-0.4, -0.2) is 66.6 Å². The fourth-order valence-corrected chi connectivity index (χ4v) is 5.95. The summed E-state index contributed by atoms with van der Waals surface area (Å²) in [6.45, 7) is 9.69. The minimum atomic E-state index is -0.798. The lowest BCUT2D eigenvalue weighted by atomic mass is 9.68. The van der Waals surface area contributed by atoms with Crippen LogP contribution in [0.5, 0.6) is 0 Å². The van der Waals surface area contributed by atoms with Gasteiger partial charge < -0.3 is 25.5 Å². The quantitative estimate of drug-likeness (QED) is 0.407. The Morgan fingerprint density at radius 1 is 1.06 bits per heavy atom. The van der Waals surface area contributed by atoms with Gasteiger partial charge in [0, 0.05) is 37.4 Å². The highest BCUT2D eigenvalue weighted by atomic mass is 16.3. The van der Waals surface area contributed by atoms with Crippen molar-refractivity contribution >= 4 is 29.1 Å². The van der Waals surface area contributed by atoms with Gasteiger partial charge in [-0.15, -0.1) is 0 Å². The Kier molecular flexibility index (Phi) is 9.54. The van der Waals surface area contributed by atoms with Gasteiger partial charge in [0.1, 0.15) is 6.04 Å². The van der Waals surface area contributed by atoms with E-state index in [1.807, 2.05) is 43.3 Å². The van der Waals surface area contributed by atoms with E-state index >= 15 is 0 Å². The zero-order valence-electron chi connectivity index (χ0n) is 22.2. The number of aliphatic hydroxyl groups is 1. The molecular formula is C28H42N4O4. The van der Waals surface area contributed by atoms with Crippen LogP contribution in [0, 0.1) is 23.7 Å². The maximum atomic E-state index is 13.8. The first-order chi connectivity index (χ1) is 17.4. The lowest BCUT2D eigenvalue weighted by Gasteiger charge is -2.34. The number of aliphatic hydroxyl groups excluding tert-OH is 1. The third kappa shape index (κ3) is 5.28. The number of fused-ring (bicyclic) bond motifs is 1. The molecule has 36 heavy (non-hydrogen) atoms. The van der Waals surface area contributed by atoms with Crippen molar-refractivity contribution in [3.63, 3.8) is 0 Å². The lowest BCUT2D eigenvalue weighted by Crippen LogP contribution is -2.50. The lowest BCUT2D eigenvalue weighted by molar-refractivity contribution is -0.142. The molecule has 0 bridgehead atoms. The summed E-state index contributed by atoms with van der Waals surface area (Å²) in [4.78, 5) is 44.3. The van der Waals surface area contributed by atoms with Gasteiger partial charge in [-0.25, -0.2) is 0 Å². The fraction of sp³-hybridized carbons (Fsp3) is 0.607. The predicted octanol–water partition coefficient (Wildman–Crippen LogP) is 3.03. The Balaban J connectivity index is 1.96. The highest BCUT2D eigenvalue weighted by molar-refractivity contribution is 6.02. The van der Waals surface area contributed by atoms with E-state index in [1.54, 1.807) is 11.9 Å². The van der Waals surface area contributed by atoms with Gasteiger partial charge in [-0.2, -0.15) is 0 Å². The van der Waals surface area contributed by atoms with Gasteiger partial charge in [-0.05, 0) is 56.9 Å². The van der Waals surface area contributed by atoms with Crippen LogP contribution in [0.4, 0.5) is 11.4 Å². The van der Waals surface area contributed by atoms with Gasteiger partial charge in [-0.3, -0.25) is 14.4 Å². The molecule has 3 amide bonds. The fourth-order valence-electron chi connectivity index (χ4n) is 5.95. The van der Waals surface area contributed by atoms with E-state index in [2.05, 4.69) is 36.3 Å². The number of amides is 3. The Labute approximate surface area is 215 Å². The van der Waals surface area contributed by atoms with E-state index < -0.39 is 29.8 Å². The molecule has 3 rings (SSSR count). The van der Waals surface area contributed by atoms with Crippen LogP contribution >= 0.6 is 0 Å². The van der Waals surface area contributed by atoms with E-state index in [-0.39, 0.29) is 30.2 Å². The highest BCUT2D eigenvalue weighted by Crippen LogP contribution is 2.46. The minimum Gasteiger partial charge on any atom is -0.394 e. The number of carbonyl (C=O) groups excluding carboxylic acids is 3. The number of anilines is 2. The zero-order valence-corrected chi connectivity index (χ0v) is 22.2. The Bertz CT molecular complexity index is 939. The Morgan fingerprint density at radius 3 is 2.25 bits per heavy atom. The monoisotopic (exact) mass is 498 g/mol. The molecule has 1 aromatic carbocycles. The number of hydrogen-bond acceptors (Lipinski definition) is 5. The first kappa shape index (κ1) is 27.7. The second-order valence-corrected chi connectivity index (χ2v) is 9.72. The van der Waals surface area contributed by atoms with Crippen LogP contribution in [0.1, 0.15) is 47.0 Å². The molecule has 1 saturated heterocycles. The summed E-state index contributed by atoms with van der Waals surface area (Å²) in [6, 6.07) is 6.40. The molecule has 6 atom stereocenters. The molecule has 198 valence electrons. The molecule has 1 fully saturated rings. The van der Waals surface area contributed by atoms with Gasteiger partial charge in [0.2, 0.25) is 17.7 Å².